The van der Waals surface area contributed by atoms with Crippen LogP contribution in [0.1, 0.15) is 11.1 Å². The minimum absolute atomic E-state index is 0.439. The van der Waals surface area contributed by atoms with Gasteiger partial charge in [-0.25, -0.2) is 0 Å². The molecule has 4 rings (SSSR count). The average Bonchev–Trinajstić information content (AvgIpc) is 2.67. The number of rotatable bonds is 2. The maximum absolute atomic E-state index is 12.7. The van der Waals surface area contributed by atoms with Crippen LogP contribution in [0.3, 0.4) is 0 Å². The predicted molar refractivity (Wildman–Crippen MR) is 106 cm³/mol. The first-order chi connectivity index (χ1) is 13.3. The van der Waals surface area contributed by atoms with Gasteiger partial charge in [0.1, 0.15) is 0 Å². The second-order valence-corrected chi connectivity index (χ2v) is 8.18. The lowest BCUT2D eigenvalue weighted by Gasteiger charge is -2.39. The molecular weight excluding hydrogens is 383 g/mol. The molecule has 1 unspecified atom stereocenters. The summed E-state index contributed by atoms with van der Waals surface area (Å²) in [6.45, 7) is 0.439. The number of thioether (sulfide) groups is 1. The highest BCUT2D eigenvalue weighted by molar-refractivity contribution is 8.00. The number of hydrogen-bond donors (Lipinski definition) is 1. The molecule has 0 aromatic heterocycles. The Morgan fingerprint density at radius 3 is 2.07 bits per heavy atom. The van der Waals surface area contributed by atoms with Crippen LogP contribution >= 0.6 is 11.8 Å². The van der Waals surface area contributed by atoms with Gasteiger partial charge < -0.3 is 10.0 Å². The second-order valence-electron chi connectivity index (χ2n) is 6.86. The van der Waals surface area contributed by atoms with Crippen molar-refractivity contribution in [3.8, 4) is 11.1 Å². The van der Waals surface area contributed by atoms with E-state index >= 15 is 0 Å². The number of likely N-dealkylation sites (N-methyl/N-ethyl adjacent to an activating group) is 1. The molecule has 1 aliphatic heterocycles. The summed E-state index contributed by atoms with van der Waals surface area (Å²) in [5.41, 5.74) is 2.68. The Morgan fingerprint density at radius 1 is 0.893 bits per heavy atom. The molecule has 1 heterocycles. The molecule has 1 N–H and O–H groups in total. The van der Waals surface area contributed by atoms with Crippen LogP contribution in [0.5, 0.6) is 0 Å². The van der Waals surface area contributed by atoms with Crippen molar-refractivity contribution in [3.05, 3.63) is 83.9 Å². The van der Waals surface area contributed by atoms with E-state index in [-0.39, 0.29) is 0 Å². The van der Waals surface area contributed by atoms with Crippen LogP contribution in [0.4, 0.5) is 18.9 Å². The highest BCUT2D eigenvalue weighted by Crippen LogP contribution is 2.48. The van der Waals surface area contributed by atoms with Gasteiger partial charge in [0.25, 0.3) is 0 Å². The molecule has 144 valence electrons. The molecule has 3 aromatic carbocycles. The lowest BCUT2D eigenvalue weighted by molar-refractivity contribution is -0.137. The minimum Gasteiger partial charge on any atom is -0.373 e. The van der Waals surface area contributed by atoms with Gasteiger partial charge in [0.15, 0.2) is 4.93 Å². The van der Waals surface area contributed by atoms with Crippen molar-refractivity contribution in [1.29, 1.82) is 0 Å². The first-order valence-electron chi connectivity index (χ1n) is 8.76. The molecular formula is C22H18F3NOS. The molecule has 28 heavy (non-hydrogen) atoms. The molecule has 1 atom stereocenters. The molecule has 6 heteroatoms. The summed E-state index contributed by atoms with van der Waals surface area (Å²) < 4.78 is 38.2. The number of hydrogen-bond acceptors (Lipinski definition) is 3. The lowest BCUT2D eigenvalue weighted by Crippen LogP contribution is -2.39. The van der Waals surface area contributed by atoms with Crippen molar-refractivity contribution >= 4 is 17.4 Å². The number of anilines is 1. The highest BCUT2D eigenvalue weighted by Gasteiger charge is 2.37. The number of alkyl halides is 3. The number of para-hydroxylation sites is 1. The maximum atomic E-state index is 12.7. The zero-order chi connectivity index (χ0) is 19.9. The zero-order valence-electron chi connectivity index (χ0n) is 15.1. The van der Waals surface area contributed by atoms with Gasteiger partial charge >= 0.3 is 6.18 Å². The van der Waals surface area contributed by atoms with Gasteiger partial charge in [-0.1, -0.05) is 60.3 Å². The Bertz CT molecular complexity index is 986. The van der Waals surface area contributed by atoms with Crippen molar-refractivity contribution in [2.45, 2.75) is 16.0 Å². The van der Waals surface area contributed by atoms with Crippen molar-refractivity contribution in [3.63, 3.8) is 0 Å². The lowest BCUT2D eigenvalue weighted by atomic mass is 10.00. The van der Waals surface area contributed by atoms with Gasteiger partial charge in [-0.3, -0.25) is 0 Å². The maximum Gasteiger partial charge on any atom is 0.416 e. The van der Waals surface area contributed by atoms with Gasteiger partial charge in [0, 0.05) is 11.9 Å². The van der Waals surface area contributed by atoms with Crippen LogP contribution in [0.25, 0.3) is 11.1 Å². The standard InChI is InChI=1S/C22H18F3NOS/c1-26-14-21(27,28-20-5-3-2-4-19(20)26)17-10-6-15(7-11-17)16-8-12-18(13-9-16)22(23,24)25/h2-13,27H,14H2,1H3. The quantitative estimate of drug-likeness (QED) is 0.591. The number of nitrogens with zero attached hydrogens (tertiary/aromatic N) is 1. The van der Waals surface area contributed by atoms with Crippen molar-refractivity contribution in [2.24, 2.45) is 0 Å². The van der Waals surface area contributed by atoms with E-state index in [1.54, 1.807) is 0 Å². The Labute approximate surface area is 165 Å². The van der Waals surface area contributed by atoms with Crippen molar-refractivity contribution in [2.75, 3.05) is 18.5 Å². The third kappa shape index (κ3) is 3.50. The van der Waals surface area contributed by atoms with E-state index in [0.29, 0.717) is 12.1 Å². The molecule has 0 saturated carbocycles. The summed E-state index contributed by atoms with van der Waals surface area (Å²) >= 11 is 1.41. The summed E-state index contributed by atoms with van der Waals surface area (Å²) in [7, 11) is 1.94. The first kappa shape index (κ1) is 18.9. The van der Waals surface area contributed by atoms with Crippen molar-refractivity contribution < 1.29 is 18.3 Å². The largest absolute Gasteiger partial charge is 0.416 e. The Hall–Kier alpha value is -2.44. The molecule has 0 aliphatic carbocycles. The summed E-state index contributed by atoms with van der Waals surface area (Å²) in [5.74, 6) is 0. The van der Waals surface area contributed by atoms with Crippen LogP contribution < -0.4 is 4.90 Å². The Morgan fingerprint density at radius 2 is 1.46 bits per heavy atom. The molecule has 0 bridgehead atoms. The van der Waals surface area contributed by atoms with Gasteiger partial charge in [0.05, 0.1) is 17.8 Å². The van der Waals surface area contributed by atoms with Gasteiger partial charge in [-0.15, -0.1) is 0 Å². The third-order valence-corrected chi connectivity index (χ3v) is 6.16. The molecule has 0 amide bonds. The average molecular weight is 401 g/mol. The van der Waals surface area contributed by atoms with Crippen LogP contribution in [-0.2, 0) is 11.1 Å². The Balaban J connectivity index is 1.60. The van der Waals surface area contributed by atoms with E-state index in [4.69, 9.17) is 0 Å². The molecule has 3 aromatic rings. The number of halogens is 3. The van der Waals surface area contributed by atoms with Crippen molar-refractivity contribution in [1.82, 2.24) is 0 Å². The fourth-order valence-electron chi connectivity index (χ4n) is 3.40. The second kappa shape index (κ2) is 6.87. The fraction of sp³-hybridized carbons (Fsp3) is 0.182. The van der Waals surface area contributed by atoms with Crippen LogP contribution in [0.2, 0.25) is 0 Å². The molecule has 2 nitrogen and oxygen atoms in total. The summed E-state index contributed by atoms with van der Waals surface area (Å²) in [4.78, 5) is 1.93. The normalized spacial score (nSPS) is 19.4. The highest BCUT2D eigenvalue weighted by atomic mass is 32.2. The number of fused-ring (bicyclic) bond motifs is 1. The van der Waals surface area contributed by atoms with E-state index in [9.17, 15) is 18.3 Å². The van der Waals surface area contributed by atoms with E-state index < -0.39 is 16.7 Å². The van der Waals surface area contributed by atoms with Crippen LogP contribution in [-0.4, -0.2) is 18.7 Å². The number of aliphatic hydroxyl groups is 1. The van der Waals surface area contributed by atoms with Crippen LogP contribution in [0.15, 0.2) is 77.7 Å². The minimum atomic E-state index is -4.34. The SMILES string of the molecule is CN1CC(O)(c2ccc(-c3ccc(C(F)(F)F)cc3)cc2)Sc2ccccc21. The van der Waals surface area contributed by atoms with E-state index in [1.807, 2.05) is 60.5 Å². The molecule has 0 fully saturated rings. The third-order valence-electron chi connectivity index (χ3n) is 4.89. The van der Waals surface area contributed by atoms with Crippen LogP contribution in [0, 0.1) is 0 Å². The zero-order valence-corrected chi connectivity index (χ0v) is 15.9. The topological polar surface area (TPSA) is 23.5 Å². The van der Waals surface area contributed by atoms with E-state index in [0.717, 1.165) is 33.8 Å². The van der Waals surface area contributed by atoms with Gasteiger partial charge in [-0.05, 0) is 41.0 Å². The van der Waals surface area contributed by atoms with Gasteiger partial charge in [-0.2, -0.15) is 13.2 Å². The summed E-state index contributed by atoms with van der Waals surface area (Å²) in [6.07, 6.45) is -4.34. The molecule has 0 spiro atoms. The molecule has 0 saturated heterocycles. The van der Waals surface area contributed by atoms with E-state index in [1.165, 1.54) is 23.9 Å². The number of β-amino-alcohol motifs (C(OH)–C–C–N with tert-alkyl or cyclic N) is 1. The monoisotopic (exact) mass is 401 g/mol. The Kier molecular flexibility index (Phi) is 4.63. The first-order valence-corrected chi connectivity index (χ1v) is 9.58. The summed E-state index contributed by atoms with van der Waals surface area (Å²) in [6, 6.07) is 20.3. The molecule has 1 aliphatic rings. The predicted octanol–water partition coefficient (Wildman–Crippen LogP) is 5.76. The van der Waals surface area contributed by atoms with E-state index in [2.05, 4.69) is 0 Å². The van der Waals surface area contributed by atoms with Gasteiger partial charge in [0.2, 0.25) is 0 Å². The smallest absolute Gasteiger partial charge is 0.373 e. The molecule has 0 radical (unpaired) electrons. The summed E-state index contributed by atoms with van der Waals surface area (Å²) in [5, 5.41) is 11.2. The number of benzene rings is 3. The fourth-order valence-corrected chi connectivity index (χ4v) is 4.76.